The predicted octanol–water partition coefficient (Wildman–Crippen LogP) is 1.62. The van der Waals surface area contributed by atoms with Gasteiger partial charge in [-0.25, -0.2) is 0 Å². The zero-order valence-corrected chi connectivity index (χ0v) is 8.45. The molecule has 1 unspecified atom stereocenters. The van der Waals surface area contributed by atoms with Gasteiger partial charge in [-0.3, -0.25) is 0 Å². The largest absolute Gasteiger partial charge is 0.316 e. The van der Waals surface area contributed by atoms with E-state index >= 15 is 0 Å². The van der Waals surface area contributed by atoms with Crippen LogP contribution in [-0.2, 0) is 0 Å². The Balaban J connectivity index is 0.000000451. The van der Waals surface area contributed by atoms with Crippen LogP contribution in [0.5, 0.6) is 0 Å². The lowest BCUT2D eigenvalue weighted by molar-refractivity contribution is 0.236. The van der Waals surface area contributed by atoms with Crippen molar-refractivity contribution in [2.75, 3.05) is 26.2 Å². The molecule has 2 fully saturated rings. The van der Waals surface area contributed by atoms with Crippen molar-refractivity contribution in [3.63, 3.8) is 0 Å². The quantitative estimate of drug-likeness (QED) is 0.580. The SMILES string of the molecule is C1CNCC2(C1)CCNC2.CC.[HH]. The summed E-state index contributed by atoms with van der Waals surface area (Å²) < 4.78 is 0. The van der Waals surface area contributed by atoms with Crippen molar-refractivity contribution in [1.82, 2.24) is 10.6 Å². The van der Waals surface area contributed by atoms with Crippen LogP contribution in [0, 0.1) is 5.41 Å². The fourth-order valence-electron chi connectivity index (χ4n) is 2.19. The molecule has 0 aliphatic carbocycles. The highest BCUT2D eigenvalue weighted by Crippen LogP contribution is 2.31. The van der Waals surface area contributed by atoms with E-state index in [-0.39, 0.29) is 1.43 Å². The Kier molecular flexibility index (Phi) is 4.02. The van der Waals surface area contributed by atoms with Crippen LogP contribution < -0.4 is 10.6 Å². The molecule has 12 heavy (non-hydrogen) atoms. The van der Waals surface area contributed by atoms with Gasteiger partial charge in [-0.05, 0) is 37.8 Å². The third-order valence-electron chi connectivity index (χ3n) is 2.89. The smallest absolute Gasteiger partial charge is 0.00205 e. The third-order valence-corrected chi connectivity index (χ3v) is 2.89. The molecule has 0 radical (unpaired) electrons. The van der Waals surface area contributed by atoms with Crippen LogP contribution in [0.1, 0.15) is 34.5 Å². The van der Waals surface area contributed by atoms with Gasteiger partial charge in [-0.15, -0.1) is 0 Å². The van der Waals surface area contributed by atoms with E-state index in [9.17, 15) is 0 Å². The molecule has 0 bridgehead atoms. The Labute approximate surface area is 77.6 Å². The van der Waals surface area contributed by atoms with Crippen LogP contribution in [0.2, 0.25) is 0 Å². The molecule has 0 amide bonds. The van der Waals surface area contributed by atoms with Gasteiger partial charge in [0.25, 0.3) is 0 Å². The molecule has 0 aromatic carbocycles. The Morgan fingerprint density at radius 3 is 2.08 bits per heavy atom. The zero-order valence-electron chi connectivity index (χ0n) is 8.45. The van der Waals surface area contributed by atoms with Gasteiger partial charge in [-0.2, -0.15) is 0 Å². The van der Waals surface area contributed by atoms with Gasteiger partial charge in [0.15, 0.2) is 0 Å². The molecule has 2 nitrogen and oxygen atoms in total. The average molecular weight is 172 g/mol. The highest BCUT2D eigenvalue weighted by molar-refractivity contribution is 4.91. The van der Waals surface area contributed by atoms with Gasteiger partial charge in [-0.1, -0.05) is 13.8 Å². The summed E-state index contributed by atoms with van der Waals surface area (Å²) in [6.45, 7) is 8.98. The van der Waals surface area contributed by atoms with E-state index in [2.05, 4.69) is 10.6 Å². The first-order valence-corrected chi connectivity index (χ1v) is 5.33. The lowest BCUT2D eigenvalue weighted by Gasteiger charge is -2.32. The molecule has 1 spiro atoms. The Morgan fingerprint density at radius 1 is 1.00 bits per heavy atom. The summed E-state index contributed by atoms with van der Waals surface area (Å²) in [5.74, 6) is 0. The van der Waals surface area contributed by atoms with Crippen LogP contribution in [-0.4, -0.2) is 26.2 Å². The highest BCUT2D eigenvalue weighted by atomic mass is 15.0. The van der Waals surface area contributed by atoms with Gasteiger partial charge in [0.05, 0.1) is 0 Å². The van der Waals surface area contributed by atoms with E-state index in [0.717, 1.165) is 0 Å². The van der Waals surface area contributed by atoms with E-state index in [1.54, 1.807) is 0 Å². The van der Waals surface area contributed by atoms with Gasteiger partial charge >= 0.3 is 0 Å². The van der Waals surface area contributed by atoms with Gasteiger partial charge in [0, 0.05) is 14.5 Å². The molecule has 2 aliphatic heterocycles. The maximum atomic E-state index is 3.48. The van der Waals surface area contributed by atoms with Crippen LogP contribution in [0.25, 0.3) is 0 Å². The lowest BCUT2D eigenvalue weighted by atomic mass is 9.80. The molecule has 2 heteroatoms. The van der Waals surface area contributed by atoms with Crippen molar-refractivity contribution in [2.24, 2.45) is 5.41 Å². The second-order valence-electron chi connectivity index (χ2n) is 3.71. The van der Waals surface area contributed by atoms with Crippen molar-refractivity contribution in [3.05, 3.63) is 0 Å². The van der Waals surface area contributed by atoms with E-state index in [1.807, 2.05) is 13.8 Å². The van der Waals surface area contributed by atoms with Crippen molar-refractivity contribution in [3.8, 4) is 0 Å². The molecule has 74 valence electrons. The summed E-state index contributed by atoms with van der Waals surface area (Å²) in [4.78, 5) is 0. The predicted molar refractivity (Wildman–Crippen MR) is 55.5 cm³/mol. The normalized spacial score (nSPS) is 34.5. The molecular formula is C10H24N2. The first-order valence-electron chi connectivity index (χ1n) is 5.33. The first kappa shape index (κ1) is 10.0. The lowest BCUT2D eigenvalue weighted by Crippen LogP contribution is -2.41. The minimum absolute atomic E-state index is 0. The molecule has 2 heterocycles. The van der Waals surface area contributed by atoms with Gasteiger partial charge < -0.3 is 10.6 Å². The first-order chi connectivity index (χ1) is 5.91. The van der Waals surface area contributed by atoms with Crippen LogP contribution in [0.15, 0.2) is 0 Å². The van der Waals surface area contributed by atoms with E-state index in [1.165, 1.54) is 45.4 Å². The summed E-state index contributed by atoms with van der Waals surface area (Å²) in [6.07, 6.45) is 4.20. The second kappa shape index (κ2) is 4.83. The molecule has 1 atom stereocenters. The monoisotopic (exact) mass is 172 g/mol. The van der Waals surface area contributed by atoms with Crippen LogP contribution >= 0.6 is 0 Å². The summed E-state index contributed by atoms with van der Waals surface area (Å²) in [5.41, 5.74) is 0.651. The summed E-state index contributed by atoms with van der Waals surface area (Å²) in [7, 11) is 0. The van der Waals surface area contributed by atoms with Gasteiger partial charge in [0.1, 0.15) is 0 Å². The zero-order chi connectivity index (χ0) is 8.86. The van der Waals surface area contributed by atoms with Crippen molar-refractivity contribution in [2.45, 2.75) is 33.1 Å². The summed E-state index contributed by atoms with van der Waals surface area (Å²) in [5, 5.41) is 6.92. The minimum Gasteiger partial charge on any atom is -0.316 e. The highest BCUT2D eigenvalue weighted by Gasteiger charge is 2.34. The second-order valence-corrected chi connectivity index (χ2v) is 3.71. The maximum Gasteiger partial charge on any atom is 0.00205 e. The Bertz CT molecular complexity index is 114. The van der Waals surface area contributed by atoms with Crippen LogP contribution in [0.3, 0.4) is 0 Å². The standard InChI is InChI=1S/C8H16N2.C2H6.H2/c1-2-8(6-9-4-1)3-5-10-7-8;1-2;/h9-10H,1-7H2;1-2H3;1H. The molecule has 0 aromatic rings. The van der Waals surface area contributed by atoms with E-state index < -0.39 is 0 Å². The van der Waals surface area contributed by atoms with E-state index in [4.69, 9.17) is 0 Å². The summed E-state index contributed by atoms with van der Waals surface area (Å²) >= 11 is 0. The van der Waals surface area contributed by atoms with Gasteiger partial charge in [0.2, 0.25) is 0 Å². The number of hydrogen-bond acceptors (Lipinski definition) is 2. The van der Waals surface area contributed by atoms with E-state index in [0.29, 0.717) is 5.41 Å². The molecule has 0 saturated carbocycles. The molecule has 2 saturated heterocycles. The fraction of sp³-hybridized carbons (Fsp3) is 1.00. The Hall–Kier alpha value is -0.0800. The number of nitrogens with one attached hydrogen (secondary N) is 2. The number of hydrogen-bond donors (Lipinski definition) is 2. The molecule has 0 aromatic heterocycles. The fourth-order valence-corrected chi connectivity index (χ4v) is 2.19. The summed E-state index contributed by atoms with van der Waals surface area (Å²) in [6, 6.07) is 0. The third kappa shape index (κ3) is 2.20. The number of piperidine rings is 1. The minimum atomic E-state index is 0. The average Bonchev–Trinajstić information content (AvgIpc) is 2.58. The van der Waals surface area contributed by atoms with Crippen LogP contribution in [0.4, 0.5) is 0 Å². The topological polar surface area (TPSA) is 24.1 Å². The Morgan fingerprint density at radius 2 is 1.67 bits per heavy atom. The number of rotatable bonds is 0. The van der Waals surface area contributed by atoms with Crippen molar-refractivity contribution in [1.29, 1.82) is 0 Å². The maximum absolute atomic E-state index is 3.48. The van der Waals surface area contributed by atoms with Crippen molar-refractivity contribution >= 4 is 0 Å². The molecule has 2 aliphatic rings. The van der Waals surface area contributed by atoms with Crippen molar-refractivity contribution < 1.29 is 1.43 Å². The molecular weight excluding hydrogens is 148 g/mol. The molecule has 2 N–H and O–H groups in total. The molecule has 2 rings (SSSR count).